The quantitative estimate of drug-likeness (QED) is 0.0618. The van der Waals surface area contributed by atoms with E-state index in [0.29, 0.717) is 164 Å². The van der Waals surface area contributed by atoms with Gasteiger partial charge in [0.25, 0.3) is 23.6 Å². The molecule has 0 fully saturated rings. The zero-order valence-corrected chi connectivity index (χ0v) is 50.5. The van der Waals surface area contributed by atoms with Crippen molar-refractivity contribution < 1.29 is 19.2 Å². The fraction of sp³-hybridized carbons (Fsp3) is 0.333. The maximum atomic E-state index is 15.0. The summed E-state index contributed by atoms with van der Waals surface area (Å²) in [5, 5.41) is 0. The molecule has 8 bridgehead atoms. The number of aromatic amines is 2. The van der Waals surface area contributed by atoms with Crippen molar-refractivity contribution in [2.75, 3.05) is 52.4 Å². The standard InChI is InChI=1S/C72H82N8O4/c1-9-17-45-77(13-5)69(81)53-33-25-21-29-49(53)65-57-37-39-59(73-57)66(50-30-22-26-34-54(50)70(82)78(14-6)46-18-10-2)61-41-43-63(75-61)68(52-32-24-28-36-56(52)72(84)80(16-8)48-20-12-4)64-44-42-62(76-64)67(60-40-38-58(65)74-60)51-31-23-27-35-55(51)71(83)79(15-7)47-19-11-3/h21-44,73,76H,9-20,45-48H2,1-8H3. The first kappa shape index (κ1) is 60.0. The molecule has 0 atom stereocenters. The summed E-state index contributed by atoms with van der Waals surface area (Å²) >= 11 is 0. The van der Waals surface area contributed by atoms with Gasteiger partial charge in [-0.1, -0.05) is 126 Å². The van der Waals surface area contributed by atoms with E-state index in [-0.39, 0.29) is 23.6 Å². The van der Waals surface area contributed by atoms with E-state index in [2.05, 4.69) is 37.7 Å². The molecule has 2 aliphatic heterocycles. The Bertz CT molecular complexity index is 3290. The van der Waals surface area contributed by atoms with Gasteiger partial charge >= 0.3 is 0 Å². The van der Waals surface area contributed by atoms with Crippen molar-refractivity contribution in [1.29, 1.82) is 0 Å². The third kappa shape index (κ3) is 12.5. The van der Waals surface area contributed by atoms with Crippen LogP contribution in [0.2, 0.25) is 0 Å². The van der Waals surface area contributed by atoms with Gasteiger partial charge in [-0.25, -0.2) is 9.97 Å². The van der Waals surface area contributed by atoms with Gasteiger partial charge in [-0.05, 0) is 148 Å². The van der Waals surface area contributed by atoms with Crippen LogP contribution < -0.4 is 0 Å². The number of nitrogens with one attached hydrogen (secondary N) is 2. The molecule has 7 aromatic rings. The van der Waals surface area contributed by atoms with E-state index in [1.165, 1.54) is 0 Å². The van der Waals surface area contributed by atoms with E-state index in [0.717, 1.165) is 51.4 Å². The molecule has 0 radical (unpaired) electrons. The summed E-state index contributed by atoms with van der Waals surface area (Å²) in [6, 6.07) is 39.2. The molecule has 9 rings (SSSR count). The summed E-state index contributed by atoms with van der Waals surface area (Å²) in [6.07, 6.45) is 15.3. The normalized spacial score (nSPS) is 11.7. The van der Waals surface area contributed by atoms with Crippen molar-refractivity contribution in [3.05, 3.63) is 166 Å². The second kappa shape index (κ2) is 28.1. The van der Waals surface area contributed by atoms with Gasteiger partial charge in [0.05, 0.1) is 22.8 Å². The Morgan fingerprint density at radius 1 is 0.321 bits per heavy atom. The number of nitrogens with zero attached hydrogens (tertiary/aromatic N) is 6. The third-order valence-electron chi connectivity index (χ3n) is 16.3. The number of rotatable bonds is 24. The van der Waals surface area contributed by atoms with Gasteiger partial charge in [0.1, 0.15) is 0 Å². The number of fused-ring (bicyclic) bond motifs is 8. The number of unbranched alkanes of at least 4 members (excludes halogenated alkanes) is 4. The molecule has 12 heteroatoms. The van der Waals surface area contributed by atoms with E-state index in [1.54, 1.807) is 0 Å². The zero-order chi connectivity index (χ0) is 59.3. The van der Waals surface area contributed by atoms with Gasteiger partial charge < -0.3 is 29.6 Å². The number of hydrogen-bond donors (Lipinski definition) is 2. The lowest BCUT2D eigenvalue weighted by molar-refractivity contribution is 0.0755. The first-order chi connectivity index (χ1) is 41.0. The molecule has 0 saturated heterocycles. The third-order valence-corrected chi connectivity index (χ3v) is 16.3. The predicted octanol–water partition coefficient (Wildman–Crippen LogP) is 16.4. The van der Waals surface area contributed by atoms with Crippen molar-refractivity contribution in [2.24, 2.45) is 0 Å². The highest BCUT2D eigenvalue weighted by Gasteiger charge is 2.28. The second-order valence-electron chi connectivity index (χ2n) is 21.6. The average molecular weight is 1120 g/mol. The minimum atomic E-state index is -0.0719. The highest BCUT2D eigenvalue weighted by atomic mass is 16.2. The fourth-order valence-electron chi connectivity index (χ4n) is 11.6. The minimum Gasteiger partial charge on any atom is -0.354 e. The largest absolute Gasteiger partial charge is 0.354 e. The molecular weight excluding hydrogens is 1040 g/mol. The van der Waals surface area contributed by atoms with E-state index in [1.807, 2.05) is 193 Å². The molecule has 5 heterocycles. The highest BCUT2D eigenvalue weighted by molar-refractivity contribution is 6.10. The van der Waals surface area contributed by atoms with Gasteiger partial charge in [-0.15, -0.1) is 0 Å². The van der Waals surface area contributed by atoms with Crippen LogP contribution in [0.15, 0.2) is 121 Å². The minimum absolute atomic E-state index is 0.0719. The number of H-pyrrole nitrogens is 2. The first-order valence-corrected chi connectivity index (χ1v) is 30.7. The average Bonchev–Trinajstić information content (AvgIpc) is 3.44. The van der Waals surface area contributed by atoms with Crippen LogP contribution >= 0.6 is 0 Å². The number of benzene rings is 4. The SMILES string of the molecule is CCCCN(CC)C(=O)c1ccccc1-c1c2nc(c(-c3ccccc3C(=O)N(CC)CCCC)c3ccc([nH]3)c(-c3ccccc3C(=O)N(CC)CCCC)c3nc(c(-c4ccccc4C(=O)N(CC)CCCC)c4ccc1[nH]4)C=C3)C=C2. The van der Waals surface area contributed by atoms with Gasteiger partial charge in [0.15, 0.2) is 0 Å². The lowest BCUT2D eigenvalue weighted by Gasteiger charge is -2.22. The number of hydrogen-bond acceptors (Lipinski definition) is 6. The second-order valence-corrected chi connectivity index (χ2v) is 21.6. The smallest absolute Gasteiger partial charge is 0.254 e. The number of aromatic nitrogens is 4. The lowest BCUT2D eigenvalue weighted by Crippen LogP contribution is -2.32. The topological polar surface area (TPSA) is 139 Å². The maximum absolute atomic E-state index is 15.0. The number of amides is 4. The number of carbonyl (C=O) groups is 4. The zero-order valence-electron chi connectivity index (χ0n) is 50.5. The molecule has 4 amide bonds. The van der Waals surface area contributed by atoms with E-state index in [4.69, 9.17) is 9.97 Å². The molecule has 0 aliphatic carbocycles. The van der Waals surface area contributed by atoms with E-state index in [9.17, 15) is 19.2 Å². The molecule has 4 aromatic carbocycles. The first-order valence-electron chi connectivity index (χ1n) is 30.7. The fourth-order valence-corrected chi connectivity index (χ4v) is 11.6. The van der Waals surface area contributed by atoms with Crippen molar-refractivity contribution >= 4 is 70.0 Å². The van der Waals surface area contributed by atoms with E-state index < -0.39 is 0 Å². The highest BCUT2D eigenvalue weighted by Crippen LogP contribution is 2.41. The van der Waals surface area contributed by atoms with Gasteiger partial charge in [-0.3, -0.25) is 19.2 Å². The predicted molar refractivity (Wildman–Crippen MR) is 347 cm³/mol. The van der Waals surface area contributed by atoms with Gasteiger partial charge in [0, 0.05) is 119 Å². The van der Waals surface area contributed by atoms with Crippen LogP contribution in [-0.2, 0) is 0 Å². The van der Waals surface area contributed by atoms with Gasteiger partial charge in [0.2, 0.25) is 0 Å². The van der Waals surface area contributed by atoms with E-state index >= 15 is 0 Å². The molecule has 84 heavy (non-hydrogen) atoms. The molecular formula is C72H82N8O4. The summed E-state index contributed by atoms with van der Waals surface area (Å²) in [6.45, 7) is 21.3. The molecule has 0 unspecified atom stereocenters. The lowest BCUT2D eigenvalue weighted by atomic mass is 9.97. The summed E-state index contributed by atoms with van der Waals surface area (Å²) in [5.74, 6) is -0.288. The summed E-state index contributed by atoms with van der Waals surface area (Å²) in [5.41, 5.74) is 13.0. The molecule has 434 valence electrons. The Kier molecular flexibility index (Phi) is 20.1. The van der Waals surface area contributed by atoms with Crippen LogP contribution in [0.5, 0.6) is 0 Å². The van der Waals surface area contributed by atoms with Crippen LogP contribution in [-0.4, -0.2) is 116 Å². The van der Waals surface area contributed by atoms with Crippen LogP contribution in [0, 0.1) is 0 Å². The van der Waals surface area contributed by atoms with Crippen molar-refractivity contribution in [3.63, 3.8) is 0 Å². The molecule has 3 aromatic heterocycles. The Hall–Kier alpha value is -8.64. The molecule has 0 spiro atoms. The maximum Gasteiger partial charge on any atom is 0.254 e. The Labute approximate surface area is 496 Å². The molecule has 2 N–H and O–H groups in total. The molecule has 12 nitrogen and oxygen atoms in total. The van der Waals surface area contributed by atoms with Gasteiger partial charge in [-0.2, -0.15) is 0 Å². The van der Waals surface area contributed by atoms with Crippen LogP contribution in [0.3, 0.4) is 0 Å². The summed E-state index contributed by atoms with van der Waals surface area (Å²) < 4.78 is 0. The van der Waals surface area contributed by atoms with Crippen molar-refractivity contribution in [1.82, 2.24) is 39.5 Å². The summed E-state index contributed by atoms with van der Waals surface area (Å²) in [7, 11) is 0. The number of carbonyl (C=O) groups excluding carboxylic acids is 4. The van der Waals surface area contributed by atoms with Crippen LogP contribution in [0.4, 0.5) is 0 Å². The Morgan fingerprint density at radius 2 is 0.536 bits per heavy atom. The molecule has 0 saturated carbocycles. The van der Waals surface area contributed by atoms with Crippen molar-refractivity contribution in [2.45, 2.75) is 107 Å². The van der Waals surface area contributed by atoms with Crippen LogP contribution in [0.25, 0.3) is 90.9 Å². The van der Waals surface area contributed by atoms with Crippen molar-refractivity contribution in [3.8, 4) is 44.5 Å². The Morgan fingerprint density at radius 3 is 0.738 bits per heavy atom. The summed E-state index contributed by atoms with van der Waals surface area (Å²) in [4.78, 5) is 86.4. The monoisotopic (exact) mass is 1120 g/mol. The molecule has 2 aliphatic rings. The van der Waals surface area contributed by atoms with Crippen LogP contribution in [0.1, 0.15) is 171 Å². The Balaban J connectivity index is 1.47.